The minimum atomic E-state index is -4.93. The van der Waals surface area contributed by atoms with Gasteiger partial charge < -0.3 is 15.5 Å². The minimum Gasteiger partial charge on any atom is -0.389 e. The van der Waals surface area contributed by atoms with Crippen molar-refractivity contribution < 1.29 is 23.4 Å². The molecule has 0 saturated heterocycles. The zero-order valence-corrected chi connectivity index (χ0v) is 21.0. The summed E-state index contributed by atoms with van der Waals surface area (Å²) in [7, 11) is 0. The van der Waals surface area contributed by atoms with E-state index in [4.69, 9.17) is 11.6 Å². The van der Waals surface area contributed by atoms with E-state index in [0.29, 0.717) is 22.1 Å². The molecule has 0 spiro atoms. The number of benzene rings is 1. The van der Waals surface area contributed by atoms with E-state index in [1.807, 2.05) is 0 Å². The Bertz CT molecular complexity index is 1460. The Morgan fingerprint density at radius 1 is 1.11 bits per heavy atom. The van der Waals surface area contributed by atoms with Gasteiger partial charge >= 0.3 is 11.9 Å². The van der Waals surface area contributed by atoms with Gasteiger partial charge in [0.2, 0.25) is 0 Å². The van der Waals surface area contributed by atoms with E-state index in [1.165, 1.54) is 35.3 Å². The second kappa shape index (κ2) is 10.6. The average Bonchev–Trinajstić information content (AvgIpc) is 3.43. The number of hydrogen-bond acceptors (Lipinski definition) is 8. The van der Waals surface area contributed by atoms with Crippen LogP contribution < -0.4 is 11.0 Å². The van der Waals surface area contributed by atoms with Crippen LogP contribution in [0.25, 0.3) is 17.1 Å². The SMILES string of the molecule is CC(C)(O)CNc1ncccc1-n1cnc(Cn2nc(-c3ccc(Cl)cc3)n(CC(O)C(F)(F)F)c2=O)n1. The highest BCUT2D eigenvalue weighted by Crippen LogP contribution is 2.24. The van der Waals surface area contributed by atoms with Crippen molar-refractivity contribution in [1.29, 1.82) is 0 Å². The van der Waals surface area contributed by atoms with Gasteiger partial charge in [0, 0.05) is 23.3 Å². The van der Waals surface area contributed by atoms with E-state index in [0.717, 1.165) is 9.25 Å². The molecule has 1 atom stereocenters. The van der Waals surface area contributed by atoms with Gasteiger partial charge in [-0.3, -0.25) is 4.57 Å². The molecular formula is C23H24ClF3N8O3. The lowest BCUT2D eigenvalue weighted by molar-refractivity contribution is -0.207. The van der Waals surface area contributed by atoms with Gasteiger partial charge in [-0.2, -0.15) is 13.2 Å². The fourth-order valence-corrected chi connectivity index (χ4v) is 3.56. The van der Waals surface area contributed by atoms with Crippen LogP contribution in [-0.4, -0.2) is 68.7 Å². The summed E-state index contributed by atoms with van der Waals surface area (Å²) in [6.07, 6.45) is -4.76. The van der Waals surface area contributed by atoms with E-state index in [9.17, 15) is 28.2 Å². The van der Waals surface area contributed by atoms with Crippen LogP contribution in [-0.2, 0) is 13.1 Å². The number of rotatable bonds is 9. The number of alkyl halides is 3. The molecular weight excluding hydrogens is 529 g/mol. The van der Waals surface area contributed by atoms with Crippen molar-refractivity contribution in [3.63, 3.8) is 0 Å². The van der Waals surface area contributed by atoms with Gasteiger partial charge in [-0.1, -0.05) is 11.6 Å². The number of aromatic nitrogens is 7. The first-order valence-corrected chi connectivity index (χ1v) is 11.7. The van der Waals surface area contributed by atoms with Crippen molar-refractivity contribution in [3.05, 3.63) is 70.3 Å². The Kier molecular flexibility index (Phi) is 7.58. The third-order valence-corrected chi connectivity index (χ3v) is 5.56. The smallest absolute Gasteiger partial charge is 0.389 e. The van der Waals surface area contributed by atoms with Crippen LogP contribution in [0.3, 0.4) is 0 Å². The summed E-state index contributed by atoms with van der Waals surface area (Å²) in [5, 5.41) is 31.6. The van der Waals surface area contributed by atoms with Gasteiger partial charge in [0.05, 0.1) is 12.1 Å². The van der Waals surface area contributed by atoms with Crippen LogP contribution >= 0.6 is 11.6 Å². The number of anilines is 1. The highest BCUT2D eigenvalue weighted by Gasteiger charge is 2.39. The summed E-state index contributed by atoms with van der Waals surface area (Å²) >= 11 is 5.91. The van der Waals surface area contributed by atoms with Crippen LogP contribution in [0.5, 0.6) is 0 Å². The molecule has 0 saturated carbocycles. The molecule has 11 nitrogen and oxygen atoms in total. The molecule has 202 valence electrons. The molecule has 38 heavy (non-hydrogen) atoms. The van der Waals surface area contributed by atoms with Gasteiger partial charge in [0.1, 0.15) is 18.6 Å². The zero-order chi connectivity index (χ0) is 27.7. The van der Waals surface area contributed by atoms with Crippen molar-refractivity contribution in [2.75, 3.05) is 11.9 Å². The number of aliphatic hydroxyl groups is 2. The number of halogens is 4. The first kappa shape index (κ1) is 27.3. The molecule has 1 unspecified atom stereocenters. The van der Waals surface area contributed by atoms with Gasteiger partial charge in [0.25, 0.3) is 0 Å². The standard InChI is InChI=1S/C23H24ClF3N8O3/c1-22(2,38)12-29-19-16(4-3-9-28-19)35-13-30-18(31-35)11-34-21(37)33(10-17(36)23(25,26)27)20(32-34)14-5-7-15(24)8-6-14/h3-9,13,17,36,38H,10-12H2,1-2H3,(H,28,29). The fraction of sp³-hybridized carbons (Fsp3) is 0.348. The summed E-state index contributed by atoms with van der Waals surface area (Å²) in [5.74, 6) is 0.492. The third-order valence-electron chi connectivity index (χ3n) is 5.31. The molecule has 3 heterocycles. The third kappa shape index (κ3) is 6.38. The van der Waals surface area contributed by atoms with E-state index >= 15 is 0 Å². The Morgan fingerprint density at radius 3 is 2.47 bits per heavy atom. The normalized spacial score (nSPS) is 13.1. The first-order valence-electron chi connectivity index (χ1n) is 11.3. The van der Waals surface area contributed by atoms with Crippen LogP contribution in [0, 0.1) is 0 Å². The lowest BCUT2D eigenvalue weighted by atomic mass is 10.1. The maximum absolute atomic E-state index is 13.1. The molecule has 3 aromatic heterocycles. The summed E-state index contributed by atoms with van der Waals surface area (Å²) in [6.45, 7) is 2.18. The molecule has 0 bridgehead atoms. The van der Waals surface area contributed by atoms with E-state index < -0.39 is 30.1 Å². The maximum atomic E-state index is 13.1. The van der Waals surface area contributed by atoms with Gasteiger partial charge in [-0.25, -0.2) is 24.1 Å². The molecule has 3 N–H and O–H groups in total. The van der Waals surface area contributed by atoms with E-state index in [1.54, 1.807) is 32.2 Å². The molecule has 4 aromatic rings. The topological polar surface area (TPSA) is 136 Å². The monoisotopic (exact) mass is 552 g/mol. The van der Waals surface area contributed by atoms with Gasteiger partial charge in [-0.05, 0) is 50.2 Å². The highest BCUT2D eigenvalue weighted by atomic mass is 35.5. The Hall–Kier alpha value is -3.75. The fourth-order valence-electron chi connectivity index (χ4n) is 3.44. The van der Waals surface area contributed by atoms with Gasteiger partial charge in [-0.15, -0.1) is 10.2 Å². The quantitative estimate of drug-likeness (QED) is 0.288. The van der Waals surface area contributed by atoms with E-state index in [2.05, 4.69) is 25.5 Å². The zero-order valence-electron chi connectivity index (χ0n) is 20.3. The average molecular weight is 553 g/mol. The number of aliphatic hydroxyl groups excluding tert-OH is 1. The second-order valence-corrected chi connectivity index (χ2v) is 9.52. The molecule has 1 aromatic carbocycles. The predicted molar refractivity (Wildman–Crippen MR) is 132 cm³/mol. The summed E-state index contributed by atoms with van der Waals surface area (Å²) < 4.78 is 42.3. The van der Waals surface area contributed by atoms with Crippen LogP contribution in [0.1, 0.15) is 19.7 Å². The van der Waals surface area contributed by atoms with Crippen molar-refractivity contribution in [3.8, 4) is 17.1 Å². The molecule has 0 fully saturated rings. The number of nitrogens with one attached hydrogen (secondary N) is 1. The Balaban J connectivity index is 1.65. The van der Waals surface area contributed by atoms with Crippen LogP contribution in [0.2, 0.25) is 5.02 Å². The molecule has 0 aliphatic rings. The summed E-state index contributed by atoms with van der Waals surface area (Å²) in [4.78, 5) is 21.5. The molecule has 0 amide bonds. The maximum Gasteiger partial charge on any atom is 0.416 e. The van der Waals surface area contributed by atoms with Crippen molar-refractivity contribution in [2.45, 2.75) is 44.8 Å². The Labute approximate surface area is 219 Å². The molecule has 0 aliphatic carbocycles. The molecule has 0 aliphatic heterocycles. The highest BCUT2D eigenvalue weighted by molar-refractivity contribution is 6.30. The van der Waals surface area contributed by atoms with E-state index in [-0.39, 0.29) is 24.7 Å². The van der Waals surface area contributed by atoms with Crippen molar-refractivity contribution in [2.24, 2.45) is 0 Å². The number of pyridine rings is 1. The molecule has 4 rings (SSSR count). The lowest BCUT2D eigenvalue weighted by Crippen LogP contribution is -2.37. The number of nitrogens with zero attached hydrogens (tertiary/aromatic N) is 7. The van der Waals surface area contributed by atoms with Crippen LogP contribution in [0.15, 0.2) is 53.7 Å². The van der Waals surface area contributed by atoms with Gasteiger partial charge in [0.15, 0.2) is 23.6 Å². The first-order chi connectivity index (χ1) is 17.8. The largest absolute Gasteiger partial charge is 0.416 e. The second-order valence-electron chi connectivity index (χ2n) is 9.08. The molecule has 15 heteroatoms. The van der Waals surface area contributed by atoms with Crippen molar-refractivity contribution >= 4 is 17.4 Å². The lowest BCUT2D eigenvalue weighted by Gasteiger charge is -2.19. The minimum absolute atomic E-state index is 0.0836. The molecule has 0 radical (unpaired) electrons. The summed E-state index contributed by atoms with van der Waals surface area (Å²) in [6, 6.07) is 9.42. The summed E-state index contributed by atoms with van der Waals surface area (Å²) in [5.41, 5.74) is -1.04. The predicted octanol–water partition coefficient (Wildman–Crippen LogP) is 2.50. The van der Waals surface area contributed by atoms with Crippen molar-refractivity contribution in [1.82, 2.24) is 34.1 Å². The van der Waals surface area contributed by atoms with Crippen LogP contribution in [0.4, 0.5) is 19.0 Å². The Morgan fingerprint density at radius 2 is 1.82 bits per heavy atom. The number of hydrogen-bond donors (Lipinski definition) is 3.